The summed E-state index contributed by atoms with van der Waals surface area (Å²) in [5.41, 5.74) is 2.05. The van der Waals surface area contributed by atoms with Crippen molar-refractivity contribution in [1.29, 1.82) is 5.26 Å². The van der Waals surface area contributed by atoms with Crippen LogP contribution < -0.4 is 0 Å². The molecule has 25 heavy (non-hydrogen) atoms. The first-order valence-electron chi connectivity index (χ1n) is 8.68. The number of ether oxygens (including phenoxy) is 1. The summed E-state index contributed by atoms with van der Waals surface area (Å²) < 4.78 is 5.40. The van der Waals surface area contributed by atoms with Crippen molar-refractivity contribution < 1.29 is 9.53 Å². The summed E-state index contributed by atoms with van der Waals surface area (Å²) in [6.45, 7) is 1.58. The molecular weight excluding hydrogens is 312 g/mol. The van der Waals surface area contributed by atoms with E-state index in [1.54, 1.807) is 4.90 Å². The molecule has 0 N–H and O–H groups in total. The molecule has 1 unspecified atom stereocenters. The van der Waals surface area contributed by atoms with Crippen LogP contribution in [0.3, 0.4) is 0 Å². The van der Waals surface area contributed by atoms with E-state index in [0.29, 0.717) is 19.7 Å². The molecule has 1 atom stereocenters. The number of likely N-dealkylation sites (tertiary alicyclic amines) is 1. The molecule has 4 nitrogen and oxygen atoms in total. The molecule has 128 valence electrons. The van der Waals surface area contributed by atoms with Crippen molar-refractivity contribution in [2.24, 2.45) is 5.92 Å². The SMILES string of the molecule is N#CC(c1ccccc1)C1CCN(C(=O)OCc2ccccc2)CC1. The molecule has 1 saturated heterocycles. The zero-order chi connectivity index (χ0) is 17.5. The lowest BCUT2D eigenvalue weighted by molar-refractivity contribution is 0.0812. The maximum absolute atomic E-state index is 12.2. The molecule has 0 radical (unpaired) electrons. The summed E-state index contributed by atoms with van der Waals surface area (Å²) >= 11 is 0. The lowest BCUT2D eigenvalue weighted by Crippen LogP contribution is -2.39. The fourth-order valence-corrected chi connectivity index (χ4v) is 3.34. The molecule has 2 aromatic rings. The predicted octanol–water partition coefficient (Wildman–Crippen LogP) is 4.34. The van der Waals surface area contributed by atoms with E-state index in [4.69, 9.17) is 4.74 Å². The molecule has 1 fully saturated rings. The van der Waals surface area contributed by atoms with Gasteiger partial charge in [0.1, 0.15) is 6.61 Å². The second-order valence-electron chi connectivity index (χ2n) is 6.38. The molecule has 1 aliphatic heterocycles. The van der Waals surface area contributed by atoms with E-state index < -0.39 is 0 Å². The van der Waals surface area contributed by atoms with E-state index in [2.05, 4.69) is 6.07 Å². The van der Waals surface area contributed by atoms with Gasteiger partial charge in [0, 0.05) is 13.1 Å². The highest BCUT2D eigenvalue weighted by atomic mass is 16.6. The highest BCUT2D eigenvalue weighted by molar-refractivity contribution is 5.67. The molecule has 2 aromatic carbocycles. The van der Waals surface area contributed by atoms with Crippen LogP contribution in [-0.4, -0.2) is 24.1 Å². The third-order valence-corrected chi connectivity index (χ3v) is 4.77. The standard InChI is InChI=1S/C21H22N2O2/c22-15-20(18-9-5-2-6-10-18)19-11-13-23(14-12-19)21(24)25-16-17-7-3-1-4-8-17/h1-10,19-20H,11-14,16H2. The monoisotopic (exact) mass is 334 g/mol. The second-order valence-corrected chi connectivity index (χ2v) is 6.38. The lowest BCUT2D eigenvalue weighted by Gasteiger charge is -2.33. The molecule has 0 spiro atoms. The van der Waals surface area contributed by atoms with E-state index in [0.717, 1.165) is 24.0 Å². The lowest BCUT2D eigenvalue weighted by atomic mass is 9.81. The Hall–Kier alpha value is -2.80. The first kappa shape index (κ1) is 17.0. The summed E-state index contributed by atoms with van der Waals surface area (Å²) in [7, 11) is 0. The third kappa shape index (κ3) is 4.39. The summed E-state index contributed by atoms with van der Waals surface area (Å²) in [5, 5.41) is 9.56. The van der Waals surface area contributed by atoms with Crippen molar-refractivity contribution in [3.05, 3.63) is 71.8 Å². The minimum atomic E-state index is -0.268. The number of hydrogen-bond acceptors (Lipinski definition) is 3. The molecule has 0 saturated carbocycles. The Morgan fingerprint density at radius 1 is 1.08 bits per heavy atom. The highest BCUT2D eigenvalue weighted by Gasteiger charge is 2.29. The number of benzene rings is 2. The number of carbonyl (C=O) groups is 1. The number of nitriles is 1. The van der Waals surface area contributed by atoms with E-state index >= 15 is 0 Å². The average molecular weight is 334 g/mol. The van der Waals surface area contributed by atoms with Crippen molar-refractivity contribution in [2.75, 3.05) is 13.1 Å². The van der Waals surface area contributed by atoms with Crippen molar-refractivity contribution in [3.63, 3.8) is 0 Å². The van der Waals surface area contributed by atoms with Crippen molar-refractivity contribution in [3.8, 4) is 6.07 Å². The molecule has 0 aromatic heterocycles. The van der Waals surface area contributed by atoms with Gasteiger partial charge in [-0.15, -0.1) is 0 Å². The van der Waals surface area contributed by atoms with Gasteiger partial charge in [-0.2, -0.15) is 5.26 Å². The minimum Gasteiger partial charge on any atom is -0.445 e. The molecule has 3 rings (SSSR count). The molecular formula is C21H22N2O2. The van der Waals surface area contributed by atoms with E-state index in [1.165, 1.54) is 0 Å². The summed E-state index contributed by atoms with van der Waals surface area (Å²) in [6, 6.07) is 22.0. The largest absolute Gasteiger partial charge is 0.445 e. The predicted molar refractivity (Wildman–Crippen MR) is 95.7 cm³/mol. The highest BCUT2D eigenvalue weighted by Crippen LogP contribution is 2.32. The van der Waals surface area contributed by atoms with Crippen LogP contribution in [0.1, 0.15) is 29.9 Å². The van der Waals surface area contributed by atoms with Crippen molar-refractivity contribution in [1.82, 2.24) is 4.90 Å². The van der Waals surface area contributed by atoms with Gasteiger partial charge in [-0.1, -0.05) is 60.7 Å². The normalized spacial score (nSPS) is 16.0. The summed E-state index contributed by atoms with van der Waals surface area (Å²) in [6.07, 6.45) is 1.39. The van der Waals surface area contributed by atoms with Gasteiger partial charge in [-0.05, 0) is 29.9 Å². The van der Waals surface area contributed by atoms with Crippen molar-refractivity contribution in [2.45, 2.75) is 25.4 Å². The minimum absolute atomic E-state index is 0.108. The molecule has 1 heterocycles. The van der Waals surface area contributed by atoms with Gasteiger partial charge in [-0.3, -0.25) is 0 Å². The van der Waals surface area contributed by atoms with E-state index in [1.807, 2.05) is 60.7 Å². The smallest absolute Gasteiger partial charge is 0.410 e. The van der Waals surface area contributed by atoms with Crippen LogP contribution in [0.5, 0.6) is 0 Å². The number of hydrogen-bond donors (Lipinski definition) is 0. The molecule has 0 aliphatic carbocycles. The van der Waals surface area contributed by atoms with Crippen LogP contribution >= 0.6 is 0 Å². The van der Waals surface area contributed by atoms with Crippen LogP contribution in [-0.2, 0) is 11.3 Å². The first-order chi connectivity index (χ1) is 12.3. The molecule has 1 amide bonds. The maximum atomic E-state index is 12.2. The first-order valence-corrected chi connectivity index (χ1v) is 8.68. The molecule has 4 heteroatoms. The Bertz CT molecular complexity index is 717. The summed E-state index contributed by atoms with van der Waals surface area (Å²) in [4.78, 5) is 14.0. The zero-order valence-electron chi connectivity index (χ0n) is 14.2. The average Bonchev–Trinajstić information content (AvgIpc) is 2.69. The fourth-order valence-electron chi connectivity index (χ4n) is 3.34. The van der Waals surface area contributed by atoms with Crippen LogP contribution in [0, 0.1) is 17.2 Å². The molecule has 0 bridgehead atoms. The van der Waals surface area contributed by atoms with Crippen LogP contribution in [0.2, 0.25) is 0 Å². The third-order valence-electron chi connectivity index (χ3n) is 4.77. The number of nitrogens with zero attached hydrogens (tertiary/aromatic N) is 2. The van der Waals surface area contributed by atoms with Gasteiger partial charge in [0.05, 0.1) is 12.0 Å². The number of amides is 1. The van der Waals surface area contributed by atoms with Gasteiger partial charge in [0.2, 0.25) is 0 Å². The number of carbonyl (C=O) groups excluding carboxylic acids is 1. The van der Waals surface area contributed by atoms with Gasteiger partial charge in [-0.25, -0.2) is 4.79 Å². The quantitative estimate of drug-likeness (QED) is 0.835. The van der Waals surface area contributed by atoms with E-state index in [9.17, 15) is 10.1 Å². The maximum Gasteiger partial charge on any atom is 0.410 e. The van der Waals surface area contributed by atoms with E-state index in [-0.39, 0.29) is 17.9 Å². The van der Waals surface area contributed by atoms with Gasteiger partial charge in [0.25, 0.3) is 0 Å². The Morgan fingerprint density at radius 3 is 2.28 bits per heavy atom. The Morgan fingerprint density at radius 2 is 1.68 bits per heavy atom. The van der Waals surface area contributed by atoms with Crippen molar-refractivity contribution >= 4 is 6.09 Å². The van der Waals surface area contributed by atoms with Gasteiger partial charge in [0.15, 0.2) is 0 Å². The van der Waals surface area contributed by atoms with Crippen LogP contribution in [0.15, 0.2) is 60.7 Å². The Kier molecular flexibility index (Phi) is 5.69. The molecule has 1 aliphatic rings. The Labute approximate surface area is 148 Å². The summed E-state index contributed by atoms with van der Waals surface area (Å²) in [5.74, 6) is 0.175. The Balaban J connectivity index is 1.51. The van der Waals surface area contributed by atoms with Crippen LogP contribution in [0.25, 0.3) is 0 Å². The number of rotatable bonds is 4. The van der Waals surface area contributed by atoms with Gasteiger partial charge < -0.3 is 9.64 Å². The second kappa shape index (κ2) is 8.34. The number of piperidine rings is 1. The zero-order valence-corrected chi connectivity index (χ0v) is 14.2. The van der Waals surface area contributed by atoms with Gasteiger partial charge >= 0.3 is 6.09 Å². The topological polar surface area (TPSA) is 53.3 Å². The fraction of sp³-hybridized carbons (Fsp3) is 0.333. The van der Waals surface area contributed by atoms with Crippen LogP contribution in [0.4, 0.5) is 4.79 Å².